The minimum atomic E-state index is -0.617. The molecule has 142 valence electrons. The lowest BCUT2D eigenvalue weighted by Gasteiger charge is -2.39. The molecule has 26 heavy (non-hydrogen) atoms. The second kappa shape index (κ2) is 8.05. The van der Waals surface area contributed by atoms with Gasteiger partial charge in [0, 0.05) is 24.7 Å². The number of nitrogens with one attached hydrogen (secondary N) is 1. The zero-order valence-electron chi connectivity index (χ0n) is 15.3. The lowest BCUT2D eigenvalue weighted by atomic mass is 10.0. The first-order chi connectivity index (χ1) is 12.1. The molecule has 1 saturated heterocycles. The zero-order chi connectivity index (χ0) is 19.5. The SMILES string of the molecule is CC(C)(C)OC(=O)N1CCN(C(CN)C(=N)c2ccc(Cl)cc2)C(=O)C1. The Labute approximate surface area is 158 Å². The van der Waals surface area contributed by atoms with Crippen LogP contribution in [0.4, 0.5) is 4.79 Å². The fourth-order valence-electron chi connectivity index (χ4n) is 2.72. The fourth-order valence-corrected chi connectivity index (χ4v) is 2.85. The van der Waals surface area contributed by atoms with Crippen LogP contribution in [0.2, 0.25) is 5.02 Å². The maximum absolute atomic E-state index is 12.6. The highest BCUT2D eigenvalue weighted by Gasteiger charge is 2.34. The molecule has 1 aliphatic heterocycles. The van der Waals surface area contributed by atoms with Crippen molar-refractivity contribution < 1.29 is 14.3 Å². The maximum atomic E-state index is 12.6. The van der Waals surface area contributed by atoms with Gasteiger partial charge in [0.25, 0.3) is 0 Å². The number of hydrogen-bond acceptors (Lipinski definition) is 5. The molecule has 1 aromatic carbocycles. The Kier molecular flexibility index (Phi) is 6.26. The van der Waals surface area contributed by atoms with Crippen molar-refractivity contribution in [2.45, 2.75) is 32.4 Å². The van der Waals surface area contributed by atoms with E-state index in [1.54, 1.807) is 49.9 Å². The highest BCUT2D eigenvalue weighted by molar-refractivity contribution is 6.30. The lowest BCUT2D eigenvalue weighted by Crippen LogP contribution is -2.59. The maximum Gasteiger partial charge on any atom is 0.410 e. The molecule has 8 heteroatoms. The van der Waals surface area contributed by atoms with Crippen molar-refractivity contribution in [3.05, 3.63) is 34.9 Å². The highest BCUT2D eigenvalue weighted by atomic mass is 35.5. The third kappa shape index (κ3) is 4.95. The van der Waals surface area contributed by atoms with Gasteiger partial charge in [-0.3, -0.25) is 9.69 Å². The summed E-state index contributed by atoms with van der Waals surface area (Å²) in [7, 11) is 0. The van der Waals surface area contributed by atoms with Gasteiger partial charge >= 0.3 is 6.09 Å². The first-order valence-electron chi connectivity index (χ1n) is 8.44. The Morgan fingerprint density at radius 3 is 2.42 bits per heavy atom. The van der Waals surface area contributed by atoms with Gasteiger partial charge in [-0.2, -0.15) is 0 Å². The molecule has 1 aromatic rings. The van der Waals surface area contributed by atoms with E-state index in [9.17, 15) is 9.59 Å². The second-order valence-electron chi connectivity index (χ2n) is 7.16. The summed E-state index contributed by atoms with van der Waals surface area (Å²) in [5, 5.41) is 8.99. The van der Waals surface area contributed by atoms with Gasteiger partial charge in [-0.25, -0.2) is 4.79 Å². The average molecular weight is 381 g/mol. The Morgan fingerprint density at radius 2 is 1.92 bits per heavy atom. The number of benzene rings is 1. The molecule has 2 rings (SSSR count). The molecule has 7 nitrogen and oxygen atoms in total. The molecule has 1 heterocycles. The molecule has 1 aliphatic rings. The molecule has 0 aromatic heterocycles. The molecule has 2 amide bonds. The molecule has 1 atom stereocenters. The summed E-state index contributed by atoms with van der Waals surface area (Å²) >= 11 is 5.88. The van der Waals surface area contributed by atoms with E-state index in [0.717, 1.165) is 0 Å². The molecule has 1 unspecified atom stereocenters. The number of rotatable bonds is 4. The third-order valence-corrected chi connectivity index (χ3v) is 4.25. The number of nitrogens with zero attached hydrogens (tertiary/aromatic N) is 2. The smallest absolute Gasteiger partial charge is 0.410 e. The van der Waals surface area contributed by atoms with Crippen molar-refractivity contribution in [2.24, 2.45) is 5.73 Å². The van der Waals surface area contributed by atoms with Crippen LogP contribution >= 0.6 is 11.6 Å². The van der Waals surface area contributed by atoms with E-state index in [1.165, 1.54) is 4.90 Å². The van der Waals surface area contributed by atoms with Crippen molar-refractivity contribution in [1.29, 1.82) is 5.41 Å². The zero-order valence-corrected chi connectivity index (χ0v) is 16.0. The van der Waals surface area contributed by atoms with Crippen LogP contribution < -0.4 is 5.73 Å². The first-order valence-corrected chi connectivity index (χ1v) is 8.82. The number of nitrogens with two attached hydrogens (primary N) is 1. The number of carbonyl (C=O) groups is 2. The fraction of sp³-hybridized carbons (Fsp3) is 0.500. The van der Waals surface area contributed by atoms with Crippen LogP contribution in [0, 0.1) is 5.41 Å². The molecule has 0 bridgehead atoms. The Bertz CT molecular complexity index is 685. The predicted molar refractivity (Wildman–Crippen MR) is 101 cm³/mol. The summed E-state index contributed by atoms with van der Waals surface area (Å²) < 4.78 is 5.31. The van der Waals surface area contributed by atoms with Crippen LogP contribution in [-0.2, 0) is 9.53 Å². The van der Waals surface area contributed by atoms with Gasteiger partial charge in [0.05, 0.1) is 11.8 Å². The molecule has 3 N–H and O–H groups in total. The van der Waals surface area contributed by atoms with Crippen molar-refractivity contribution in [3.63, 3.8) is 0 Å². The Hall–Kier alpha value is -2.12. The molecule has 0 aliphatic carbocycles. The number of carbonyl (C=O) groups excluding carboxylic acids is 2. The minimum Gasteiger partial charge on any atom is -0.444 e. The van der Waals surface area contributed by atoms with Gasteiger partial charge in [0.15, 0.2) is 0 Å². The van der Waals surface area contributed by atoms with Gasteiger partial charge in [-0.15, -0.1) is 0 Å². The van der Waals surface area contributed by atoms with Crippen molar-refractivity contribution in [3.8, 4) is 0 Å². The van der Waals surface area contributed by atoms with Gasteiger partial charge < -0.3 is 20.8 Å². The molecule has 0 saturated carbocycles. The molecule has 0 radical (unpaired) electrons. The standard InChI is InChI=1S/C18H25ClN4O3/c1-18(2,3)26-17(25)22-8-9-23(15(24)11-22)14(10-20)16(21)12-4-6-13(19)7-5-12/h4-7,14,21H,8-11,20H2,1-3H3. The second-order valence-corrected chi connectivity index (χ2v) is 7.60. The van der Waals surface area contributed by atoms with Gasteiger partial charge in [-0.05, 0) is 38.5 Å². The van der Waals surface area contributed by atoms with E-state index >= 15 is 0 Å². The summed E-state index contributed by atoms with van der Waals surface area (Å²) in [6.07, 6.45) is -0.512. The summed E-state index contributed by atoms with van der Waals surface area (Å²) in [4.78, 5) is 27.6. The normalized spacial score (nSPS) is 16.4. The van der Waals surface area contributed by atoms with Crippen LogP contribution in [0.25, 0.3) is 0 Å². The van der Waals surface area contributed by atoms with Gasteiger partial charge in [-0.1, -0.05) is 23.7 Å². The Morgan fingerprint density at radius 1 is 1.31 bits per heavy atom. The average Bonchev–Trinajstić information content (AvgIpc) is 2.55. The van der Waals surface area contributed by atoms with Crippen LogP contribution in [0.15, 0.2) is 24.3 Å². The number of ether oxygens (including phenoxy) is 1. The predicted octanol–water partition coefficient (Wildman–Crippen LogP) is 2.11. The number of amides is 2. The van der Waals surface area contributed by atoms with Gasteiger partial charge in [0.1, 0.15) is 12.1 Å². The summed E-state index contributed by atoms with van der Waals surface area (Å²) in [6, 6.07) is 6.30. The van der Waals surface area contributed by atoms with Crippen molar-refractivity contribution in [2.75, 3.05) is 26.2 Å². The molecule has 1 fully saturated rings. The number of hydrogen-bond donors (Lipinski definition) is 2. The van der Waals surface area contributed by atoms with Crippen LogP contribution in [-0.4, -0.2) is 65.3 Å². The first kappa shape index (κ1) is 20.2. The third-order valence-electron chi connectivity index (χ3n) is 4.00. The van der Waals surface area contributed by atoms with E-state index in [0.29, 0.717) is 23.7 Å². The summed E-state index contributed by atoms with van der Waals surface area (Å²) in [5.74, 6) is -0.253. The summed E-state index contributed by atoms with van der Waals surface area (Å²) in [6.45, 7) is 6.02. The number of piperazine rings is 1. The topological polar surface area (TPSA) is 99.7 Å². The van der Waals surface area contributed by atoms with E-state index in [1.807, 2.05) is 0 Å². The van der Waals surface area contributed by atoms with Crippen LogP contribution in [0.3, 0.4) is 0 Å². The Balaban J connectivity index is 2.06. The number of halogens is 1. The molecular weight excluding hydrogens is 356 g/mol. The minimum absolute atomic E-state index is 0.0840. The summed E-state index contributed by atoms with van der Waals surface area (Å²) in [5.41, 5.74) is 6.14. The highest BCUT2D eigenvalue weighted by Crippen LogP contribution is 2.17. The lowest BCUT2D eigenvalue weighted by molar-refractivity contribution is -0.136. The van der Waals surface area contributed by atoms with Crippen molar-refractivity contribution >= 4 is 29.3 Å². The van der Waals surface area contributed by atoms with Crippen LogP contribution in [0.5, 0.6) is 0 Å². The monoisotopic (exact) mass is 380 g/mol. The van der Waals surface area contributed by atoms with Gasteiger partial charge in [0.2, 0.25) is 5.91 Å². The van der Waals surface area contributed by atoms with E-state index in [2.05, 4.69) is 0 Å². The van der Waals surface area contributed by atoms with E-state index in [4.69, 9.17) is 27.5 Å². The quantitative estimate of drug-likeness (QED) is 0.781. The van der Waals surface area contributed by atoms with E-state index in [-0.39, 0.29) is 24.7 Å². The van der Waals surface area contributed by atoms with Crippen LogP contribution in [0.1, 0.15) is 26.3 Å². The van der Waals surface area contributed by atoms with Crippen molar-refractivity contribution in [1.82, 2.24) is 9.80 Å². The largest absolute Gasteiger partial charge is 0.444 e. The molecule has 0 spiro atoms. The molecular formula is C18H25ClN4O3. The van der Waals surface area contributed by atoms with E-state index < -0.39 is 17.7 Å².